The molecule has 1 aromatic heterocycles. The van der Waals surface area contributed by atoms with Gasteiger partial charge in [0.1, 0.15) is 10.8 Å². The maximum absolute atomic E-state index is 10.2. The smallest absolute Gasteiger partial charge is 0.234 e. The molecule has 0 saturated heterocycles. The summed E-state index contributed by atoms with van der Waals surface area (Å²) in [5.41, 5.74) is 0.464. The molecule has 0 bridgehead atoms. The third kappa shape index (κ3) is 3.33. The van der Waals surface area contributed by atoms with Crippen molar-refractivity contribution >= 4 is 23.5 Å². The fourth-order valence-corrected chi connectivity index (χ4v) is 4.01. The maximum Gasteiger partial charge on any atom is 0.234 e. The third-order valence-electron chi connectivity index (χ3n) is 5.15. The molecule has 4 nitrogen and oxygen atoms in total. The van der Waals surface area contributed by atoms with Crippen LogP contribution in [0.5, 0.6) is 5.88 Å². The first kappa shape index (κ1) is 16.6. The van der Waals surface area contributed by atoms with Crippen molar-refractivity contribution in [2.45, 2.75) is 51.2 Å². The lowest BCUT2D eigenvalue weighted by molar-refractivity contribution is -0.00151. The monoisotopic (exact) mass is 336 g/mol. The Kier molecular flexibility index (Phi) is 4.56. The number of fused-ring (bicyclic) bond motifs is 1. The number of aliphatic hydroxyl groups is 1. The summed E-state index contributed by atoms with van der Waals surface area (Å²) in [6.07, 6.45) is 8.49. The fraction of sp³-hybridized carbons (Fsp3) is 0.611. The van der Waals surface area contributed by atoms with Gasteiger partial charge < -0.3 is 14.7 Å². The van der Waals surface area contributed by atoms with E-state index < -0.39 is 5.60 Å². The van der Waals surface area contributed by atoms with Crippen LogP contribution < -0.4 is 9.64 Å². The van der Waals surface area contributed by atoms with Crippen LogP contribution in [0.3, 0.4) is 0 Å². The lowest BCUT2D eigenvalue weighted by Gasteiger charge is -2.41. The molecule has 0 atom stereocenters. The maximum atomic E-state index is 10.2. The molecule has 126 valence electrons. The van der Waals surface area contributed by atoms with Crippen molar-refractivity contribution in [1.82, 2.24) is 4.98 Å². The highest BCUT2D eigenvalue weighted by Gasteiger charge is 2.34. The van der Waals surface area contributed by atoms with Crippen LogP contribution in [0, 0.1) is 5.92 Å². The number of pyridine rings is 1. The van der Waals surface area contributed by atoms with E-state index in [0.29, 0.717) is 22.9 Å². The average molecular weight is 337 g/mol. The van der Waals surface area contributed by atoms with Crippen molar-refractivity contribution in [2.75, 3.05) is 18.6 Å². The Morgan fingerprint density at radius 3 is 2.61 bits per heavy atom. The van der Waals surface area contributed by atoms with Gasteiger partial charge in [0.25, 0.3) is 0 Å². The third-order valence-corrected chi connectivity index (χ3v) is 5.42. The number of hydrogen-bond donors (Lipinski definition) is 1. The van der Waals surface area contributed by atoms with Gasteiger partial charge >= 0.3 is 0 Å². The highest BCUT2D eigenvalue weighted by atomic mass is 35.5. The van der Waals surface area contributed by atoms with E-state index in [9.17, 15) is 5.11 Å². The minimum Gasteiger partial charge on any atom is -0.480 e. The van der Waals surface area contributed by atoms with E-state index in [4.69, 9.17) is 16.3 Å². The van der Waals surface area contributed by atoms with Crippen LogP contribution in [0.2, 0.25) is 5.02 Å². The van der Waals surface area contributed by atoms with Gasteiger partial charge in [-0.25, -0.2) is 0 Å². The number of anilines is 1. The van der Waals surface area contributed by atoms with E-state index in [-0.39, 0.29) is 0 Å². The molecule has 2 heterocycles. The molecular weight excluding hydrogens is 312 g/mol. The van der Waals surface area contributed by atoms with Crippen LogP contribution >= 0.6 is 11.6 Å². The highest BCUT2D eigenvalue weighted by molar-refractivity contribution is 6.32. The molecular formula is C18H25ClN2O2. The molecule has 0 spiro atoms. The van der Waals surface area contributed by atoms with Crippen molar-refractivity contribution < 1.29 is 9.84 Å². The second kappa shape index (κ2) is 6.33. The van der Waals surface area contributed by atoms with Crippen molar-refractivity contribution in [2.24, 2.45) is 5.92 Å². The number of ether oxygens (including phenoxy) is 1. The molecule has 1 N–H and O–H groups in total. The van der Waals surface area contributed by atoms with Gasteiger partial charge in [-0.3, -0.25) is 0 Å². The second-order valence-electron chi connectivity index (χ2n) is 7.11. The summed E-state index contributed by atoms with van der Waals surface area (Å²) in [5, 5.41) is 10.8. The summed E-state index contributed by atoms with van der Waals surface area (Å²) in [6, 6.07) is 2.38. The predicted octanol–water partition coefficient (Wildman–Crippen LogP) is 3.91. The van der Waals surface area contributed by atoms with Crippen molar-refractivity contribution in [3.63, 3.8) is 0 Å². The van der Waals surface area contributed by atoms with Crippen LogP contribution in [0.4, 0.5) is 5.82 Å². The minimum atomic E-state index is -0.584. The number of aromatic nitrogens is 1. The fourth-order valence-electron chi connectivity index (χ4n) is 3.77. The van der Waals surface area contributed by atoms with Crippen LogP contribution in [0.25, 0.3) is 6.08 Å². The quantitative estimate of drug-likeness (QED) is 0.909. The van der Waals surface area contributed by atoms with Gasteiger partial charge in [-0.05, 0) is 51.5 Å². The molecule has 23 heavy (non-hydrogen) atoms. The normalized spacial score (nSPS) is 24.5. The molecule has 0 amide bonds. The zero-order chi connectivity index (χ0) is 16.6. The standard InChI is InChI=1S/C18H25ClN2O2/c1-18(2,22)13-6-8-14(9-7-13)21-10-4-5-12-11-15(19)17(23-3)20-16(12)21/h4-5,11,13-14,22H,6-10H2,1-3H3. The molecule has 1 aromatic rings. The molecule has 2 aliphatic rings. The first-order valence-electron chi connectivity index (χ1n) is 8.30. The summed E-state index contributed by atoms with van der Waals surface area (Å²) >= 11 is 6.20. The Balaban J connectivity index is 1.80. The minimum absolute atomic E-state index is 0.381. The molecule has 1 fully saturated rings. The summed E-state index contributed by atoms with van der Waals surface area (Å²) in [6.45, 7) is 4.71. The van der Waals surface area contributed by atoms with Crippen LogP contribution in [0.1, 0.15) is 45.1 Å². The van der Waals surface area contributed by atoms with E-state index in [2.05, 4.69) is 22.0 Å². The van der Waals surface area contributed by atoms with Gasteiger partial charge in [0.05, 0.1) is 12.7 Å². The number of methoxy groups -OCH3 is 1. The summed E-state index contributed by atoms with van der Waals surface area (Å²) in [7, 11) is 1.60. The summed E-state index contributed by atoms with van der Waals surface area (Å²) in [4.78, 5) is 6.98. The number of nitrogens with zero attached hydrogens (tertiary/aromatic N) is 2. The van der Waals surface area contributed by atoms with Crippen molar-refractivity contribution in [3.8, 4) is 5.88 Å². The largest absolute Gasteiger partial charge is 0.480 e. The lowest BCUT2D eigenvalue weighted by Crippen LogP contribution is -2.43. The number of hydrogen-bond acceptors (Lipinski definition) is 4. The van der Waals surface area contributed by atoms with Gasteiger partial charge in [0.2, 0.25) is 5.88 Å². The first-order valence-corrected chi connectivity index (χ1v) is 8.68. The van der Waals surface area contributed by atoms with Crippen molar-refractivity contribution in [1.29, 1.82) is 0 Å². The number of rotatable bonds is 3. The SMILES string of the molecule is COc1nc2c(cc1Cl)C=CCN2C1CCC(C(C)(C)O)CC1. The van der Waals surface area contributed by atoms with Crippen LogP contribution in [0.15, 0.2) is 12.1 Å². The van der Waals surface area contributed by atoms with E-state index >= 15 is 0 Å². The van der Waals surface area contributed by atoms with Gasteiger partial charge in [0.15, 0.2) is 0 Å². The van der Waals surface area contributed by atoms with Crippen molar-refractivity contribution in [3.05, 3.63) is 22.7 Å². The second-order valence-corrected chi connectivity index (χ2v) is 7.51. The molecule has 1 saturated carbocycles. The van der Waals surface area contributed by atoms with Gasteiger partial charge in [-0.1, -0.05) is 23.8 Å². The molecule has 0 aromatic carbocycles. The predicted molar refractivity (Wildman–Crippen MR) is 94.2 cm³/mol. The Morgan fingerprint density at radius 1 is 1.30 bits per heavy atom. The zero-order valence-electron chi connectivity index (χ0n) is 14.1. The van der Waals surface area contributed by atoms with Crippen LogP contribution in [-0.2, 0) is 0 Å². The summed E-state index contributed by atoms with van der Waals surface area (Å²) < 4.78 is 5.28. The van der Waals surface area contributed by atoms with Gasteiger partial charge in [-0.15, -0.1) is 0 Å². The topological polar surface area (TPSA) is 45.6 Å². The Hall–Kier alpha value is -1.26. The molecule has 0 radical (unpaired) electrons. The zero-order valence-corrected chi connectivity index (χ0v) is 14.8. The molecule has 1 aliphatic carbocycles. The molecule has 3 rings (SSSR count). The van der Waals surface area contributed by atoms with E-state index in [1.165, 1.54) is 0 Å². The Labute approximate surface area is 143 Å². The average Bonchev–Trinajstić information content (AvgIpc) is 2.53. The van der Waals surface area contributed by atoms with Crippen LogP contribution in [-0.4, -0.2) is 35.4 Å². The summed E-state index contributed by atoms with van der Waals surface area (Å²) in [5.74, 6) is 1.82. The van der Waals surface area contributed by atoms with E-state index in [0.717, 1.165) is 43.6 Å². The Morgan fingerprint density at radius 2 is 2.00 bits per heavy atom. The lowest BCUT2D eigenvalue weighted by atomic mass is 9.76. The molecule has 1 aliphatic heterocycles. The van der Waals surface area contributed by atoms with Gasteiger partial charge in [-0.2, -0.15) is 4.98 Å². The van der Waals surface area contributed by atoms with Gasteiger partial charge in [0, 0.05) is 18.2 Å². The highest BCUT2D eigenvalue weighted by Crippen LogP contribution is 2.39. The Bertz CT molecular complexity index is 602. The molecule has 0 unspecified atom stereocenters. The van der Waals surface area contributed by atoms with E-state index in [1.54, 1.807) is 7.11 Å². The molecule has 5 heteroatoms. The van der Waals surface area contributed by atoms with E-state index in [1.807, 2.05) is 19.9 Å². The number of halogens is 1. The first-order chi connectivity index (χ1) is 10.9.